The van der Waals surface area contributed by atoms with Gasteiger partial charge >= 0.3 is 5.97 Å². The average molecular weight is 351 g/mol. The number of carboxylic acid groups (broad SMARTS) is 1. The number of nitrogens with zero attached hydrogens (tertiary/aromatic N) is 3. The molecule has 3 rings (SSSR count). The number of aromatic nitrogens is 2. The van der Waals surface area contributed by atoms with Gasteiger partial charge in [-0.05, 0) is 43.7 Å². The molecule has 0 radical (unpaired) electrons. The Morgan fingerprint density at radius 3 is 2.69 bits per heavy atom. The van der Waals surface area contributed by atoms with Gasteiger partial charge in [-0.3, -0.25) is 4.40 Å². The zero-order valence-corrected chi connectivity index (χ0v) is 14.5. The molecule has 0 atom stereocenters. The molecule has 7 heteroatoms. The summed E-state index contributed by atoms with van der Waals surface area (Å²) in [5, 5.41) is 28.6. The van der Waals surface area contributed by atoms with Crippen LogP contribution < -0.4 is 4.74 Å². The van der Waals surface area contributed by atoms with Crippen LogP contribution in [0.1, 0.15) is 29.8 Å². The second-order valence-electron chi connectivity index (χ2n) is 6.40. The lowest BCUT2D eigenvalue weighted by Gasteiger charge is -2.16. The van der Waals surface area contributed by atoms with E-state index in [4.69, 9.17) is 4.74 Å². The van der Waals surface area contributed by atoms with Crippen LogP contribution in [0, 0.1) is 11.3 Å². The van der Waals surface area contributed by atoms with Crippen molar-refractivity contribution in [3.8, 4) is 28.8 Å². The van der Waals surface area contributed by atoms with E-state index in [0.29, 0.717) is 16.9 Å². The van der Waals surface area contributed by atoms with E-state index in [1.165, 1.54) is 13.2 Å². The molecule has 0 saturated carbocycles. The molecule has 132 valence electrons. The second kappa shape index (κ2) is 6.08. The highest BCUT2D eigenvalue weighted by atomic mass is 16.5. The third-order valence-electron chi connectivity index (χ3n) is 4.33. The van der Waals surface area contributed by atoms with Crippen molar-refractivity contribution in [2.45, 2.75) is 19.3 Å². The highest BCUT2D eigenvalue weighted by Gasteiger charge is 2.22. The van der Waals surface area contributed by atoms with Gasteiger partial charge in [-0.15, -0.1) is 0 Å². The number of aromatic hydroxyl groups is 1. The normalized spacial score (nSPS) is 11.3. The van der Waals surface area contributed by atoms with Crippen molar-refractivity contribution in [3.05, 3.63) is 47.8 Å². The van der Waals surface area contributed by atoms with Gasteiger partial charge in [0.15, 0.2) is 0 Å². The number of carbonyl (C=O) groups is 1. The Hall–Kier alpha value is -3.53. The van der Waals surface area contributed by atoms with Gasteiger partial charge < -0.3 is 14.9 Å². The Balaban J connectivity index is 2.17. The van der Waals surface area contributed by atoms with Crippen LogP contribution in [0.25, 0.3) is 16.9 Å². The SMILES string of the molecule is COc1cc(-c2cnc3cc(C(C)(C)C#N)ccn23)cc(O)c1C(=O)O. The molecule has 0 fully saturated rings. The van der Waals surface area contributed by atoms with Crippen LogP contribution in [0.3, 0.4) is 0 Å². The number of phenols is 1. The Bertz CT molecular complexity index is 1060. The van der Waals surface area contributed by atoms with Gasteiger partial charge in [0, 0.05) is 11.8 Å². The van der Waals surface area contributed by atoms with Crippen molar-refractivity contribution in [2.24, 2.45) is 0 Å². The van der Waals surface area contributed by atoms with Crippen molar-refractivity contribution < 1.29 is 19.7 Å². The lowest BCUT2D eigenvalue weighted by atomic mass is 9.87. The lowest BCUT2D eigenvalue weighted by molar-refractivity contribution is 0.0690. The molecule has 2 N–H and O–H groups in total. The monoisotopic (exact) mass is 351 g/mol. The van der Waals surface area contributed by atoms with E-state index >= 15 is 0 Å². The van der Waals surface area contributed by atoms with Gasteiger partial charge in [0.1, 0.15) is 22.7 Å². The molecule has 26 heavy (non-hydrogen) atoms. The predicted octanol–water partition coefficient (Wildman–Crippen LogP) is 3.21. The van der Waals surface area contributed by atoms with E-state index in [1.54, 1.807) is 22.9 Å². The lowest BCUT2D eigenvalue weighted by Crippen LogP contribution is -2.14. The van der Waals surface area contributed by atoms with E-state index in [1.807, 2.05) is 26.0 Å². The fraction of sp³-hybridized carbons (Fsp3) is 0.211. The zero-order chi connectivity index (χ0) is 19.1. The summed E-state index contributed by atoms with van der Waals surface area (Å²) in [4.78, 5) is 15.6. The molecular weight excluding hydrogens is 334 g/mol. The van der Waals surface area contributed by atoms with Crippen LogP contribution in [0.15, 0.2) is 36.7 Å². The topological polar surface area (TPSA) is 108 Å². The summed E-state index contributed by atoms with van der Waals surface area (Å²) in [5.74, 6) is -1.60. The second-order valence-corrected chi connectivity index (χ2v) is 6.40. The number of rotatable bonds is 4. The summed E-state index contributed by atoms with van der Waals surface area (Å²) in [6.07, 6.45) is 3.41. The molecule has 2 aromatic heterocycles. The van der Waals surface area contributed by atoms with Crippen molar-refractivity contribution in [3.63, 3.8) is 0 Å². The maximum Gasteiger partial charge on any atom is 0.343 e. The van der Waals surface area contributed by atoms with E-state index < -0.39 is 11.4 Å². The van der Waals surface area contributed by atoms with Gasteiger partial charge in [0.05, 0.1) is 30.5 Å². The van der Waals surface area contributed by atoms with Gasteiger partial charge in [-0.25, -0.2) is 9.78 Å². The maximum absolute atomic E-state index is 11.3. The molecule has 0 unspecified atom stereocenters. The number of fused-ring (bicyclic) bond motifs is 1. The molecule has 0 saturated heterocycles. The third-order valence-corrected chi connectivity index (χ3v) is 4.33. The largest absolute Gasteiger partial charge is 0.507 e. The number of benzene rings is 1. The molecular formula is C19H17N3O4. The minimum Gasteiger partial charge on any atom is -0.507 e. The molecule has 0 amide bonds. The van der Waals surface area contributed by atoms with E-state index in [0.717, 1.165) is 5.56 Å². The first-order valence-corrected chi connectivity index (χ1v) is 7.82. The zero-order valence-electron chi connectivity index (χ0n) is 14.5. The molecule has 0 aliphatic heterocycles. The summed E-state index contributed by atoms with van der Waals surface area (Å²) < 4.78 is 6.91. The molecule has 1 aromatic carbocycles. The maximum atomic E-state index is 11.3. The van der Waals surface area contributed by atoms with Crippen LogP contribution >= 0.6 is 0 Å². The smallest absolute Gasteiger partial charge is 0.343 e. The van der Waals surface area contributed by atoms with Gasteiger partial charge in [-0.2, -0.15) is 5.26 Å². The molecule has 0 aliphatic carbocycles. The average Bonchev–Trinajstić information content (AvgIpc) is 3.03. The van der Waals surface area contributed by atoms with Crippen LogP contribution in [0.2, 0.25) is 0 Å². The molecule has 7 nitrogen and oxygen atoms in total. The Labute approximate surface area is 149 Å². The number of imidazole rings is 1. The Morgan fingerprint density at radius 2 is 2.08 bits per heavy atom. The van der Waals surface area contributed by atoms with Crippen molar-refractivity contribution in [2.75, 3.05) is 7.11 Å². The fourth-order valence-electron chi connectivity index (χ4n) is 2.77. The number of hydrogen-bond acceptors (Lipinski definition) is 5. The van der Waals surface area contributed by atoms with Gasteiger partial charge in [0.25, 0.3) is 0 Å². The first-order valence-electron chi connectivity index (χ1n) is 7.82. The number of ether oxygens (including phenoxy) is 1. The van der Waals surface area contributed by atoms with E-state index in [-0.39, 0.29) is 17.1 Å². The summed E-state index contributed by atoms with van der Waals surface area (Å²) in [6.45, 7) is 3.66. The molecule has 0 spiro atoms. The minimum atomic E-state index is -1.27. The highest BCUT2D eigenvalue weighted by Crippen LogP contribution is 2.35. The molecule has 3 aromatic rings. The van der Waals surface area contributed by atoms with Gasteiger partial charge in [-0.1, -0.05) is 0 Å². The summed E-state index contributed by atoms with van der Waals surface area (Å²) >= 11 is 0. The number of aromatic carboxylic acids is 1. The summed E-state index contributed by atoms with van der Waals surface area (Å²) in [6, 6.07) is 8.83. The number of methoxy groups -OCH3 is 1. The molecule has 0 aliphatic rings. The number of hydrogen-bond donors (Lipinski definition) is 2. The molecule has 0 bridgehead atoms. The first kappa shape index (κ1) is 17.3. The van der Waals surface area contributed by atoms with Gasteiger partial charge in [0.2, 0.25) is 0 Å². The first-order chi connectivity index (χ1) is 12.3. The number of pyridine rings is 1. The number of nitriles is 1. The summed E-state index contributed by atoms with van der Waals surface area (Å²) in [5.41, 5.74) is 1.77. The van der Waals surface area contributed by atoms with Crippen molar-refractivity contribution >= 4 is 11.6 Å². The fourth-order valence-corrected chi connectivity index (χ4v) is 2.77. The van der Waals surface area contributed by atoms with E-state index in [9.17, 15) is 20.3 Å². The Morgan fingerprint density at radius 1 is 1.35 bits per heavy atom. The van der Waals surface area contributed by atoms with Crippen LogP contribution in [0.4, 0.5) is 0 Å². The van der Waals surface area contributed by atoms with Crippen LogP contribution in [-0.2, 0) is 5.41 Å². The van der Waals surface area contributed by atoms with Crippen molar-refractivity contribution in [1.82, 2.24) is 9.38 Å². The third kappa shape index (κ3) is 2.71. The van der Waals surface area contributed by atoms with Crippen LogP contribution in [-0.4, -0.2) is 32.7 Å². The molecule has 2 heterocycles. The summed E-state index contributed by atoms with van der Waals surface area (Å²) in [7, 11) is 1.34. The van der Waals surface area contributed by atoms with Crippen molar-refractivity contribution in [1.29, 1.82) is 5.26 Å². The standard InChI is InChI=1S/C19H17N3O4/c1-19(2,10-20)12-4-5-22-13(9-21-16(22)8-12)11-6-14(23)17(18(24)25)15(7-11)26-3/h4-9,23H,1-3H3,(H,24,25). The van der Waals surface area contributed by atoms with E-state index in [2.05, 4.69) is 11.1 Å². The quantitative estimate of drug-likeness (QED) is 0.747. The highest BCUT2D eigenvalue weighted by molar-refractivity contribution is 5.95. The van der Waals surface area contributed by atoms with Crippen LogP contribution in [0.5, 0.6) is 11.5 Å². The Kier molecular flexibility index (Phi) is 4.04. The predicted molar refractivity (Wildman–Crippen MR) is 94.4 cm³/mol. The number of carboxylic acids is 1. The minimum absolute atomic E-state index is 0.0599.